The number of nitrogens with zero attached hydrogens (tertiary/aromatic N) is 2. The van der Waals surface area contributed by atoms with Gasteiger partial charge in [0.15, 0.2) is 0 Å². The summed E-state index contributed by atoms with van der Waals surface area (Å²) < 4.78 is 2.11. The van der Waals surface area contributed by atoms with E-state index in [2.05, 4.69) is 32.7 Å². The predicted octanol–water partition coefficient (Wildman–Crippen LogP) is 2.39. The molecule has 1 saturated carbocycles. The van der Waals surface area contributed by atoms with Crippen molar-refractivity contribution < 1.29 is 4.79 Å². The van der Waals surface area contributed by atoms with Crippen LogP contribution >= 0.6 is 0 Å². The van der Waals surface area contributed by atoms with Crippen molar-refractivity contribution in [2.75, 3.05) is 6.54 Å². The molecular weight excluding hydrogens is 264 g/mol. The van der Waals surface area contributed by atoms with Crippen molar-refractivity contribution in [2.24, 2.45) is 0 Å². The van der Waals surface area contributed by atoms with Gasteiger partial charge in [0.25, 0.3) is 0 Å². The van der Waals surface area contributed by atoms with Crippen molar-refractivity contribution in [1.29, 1.82) is 0 Å². The van der Waals surface area contributed by atoms with E-state index in [1.807, 2.05) is 20.8 Å². The quantitative estimate of drug-likeness (QED) is 0.792. The van der Waals surface area contributed by atoms with Crippen LogP contribution in [-0.2, 0) is 11.3 Å². The first-order chi connectivity index (χ1) is 9.94. The highest BCUT2D eigenvalue weighted by molar-refractivity contribution is 5.76. The van der Waals surface area contributed by atoms with E-state index in [9.17, 15) is 4.79 Å². The van der Waals surface area contributed by atoms with E-state index in [4.69, 9.17) is 0 Å². The Balaban J connectivity index is 1.66. The number of amides is 1. The van der Waals surface area contributed by atoms with E-state index in [1.165, 1.54) is 25.7 Å². The van der Waals surface area contributed by atoms with Crippen LogP contribution in [0.3, 0.4) is 0 Å². The lowest BCUT2D eigenvalue weighted by Gasteiger charge is -2.20. The maximum Gasteiger partial charge on any atom is 0.221 e. The van der Waals surface area contributed by atoms with E-state index >= 15 is 0 Å². The standard InChI is InChI=1S/C16H28N4O/c1-16(2,3)18-15(21)8-10-17-12-13-9-11-20(19-13)14-6-4-5-7-14/h9,11,14,17H,4-8,10,12H2,1-3H3,(H,18,21). The molecule has 0 unspecified atom stereocenters. The number of hydrogen-bond acceptors (Lipinski definition) is 3. The first-order valence-corrected chi connectivity index (χ1v) is 8.00. The van der Waals surface area contributed by atoms with Crippen molar-refractivity contribution in [3.8, 4) is 0 Å². The molecule has 0 atom stereocenters. The lowest BCUT2D eigenvalue weighted by atomic mass is 10.1. The van der Waals surface area contributed by atoms with Crippen LogP contribution in [0.15, 0.2) is 12.3 Å². The van der Waals surface area contributed by atoms with Gasteiger partial charge in [0, 0.05) is 31.2 Å². The Morgan fingerprint density at radius 1 is 1.38 bits per heavy atom. The maximum absolute atomic E-state index is 11.7. The number of rotatable bonds is 6. The van der Waals surface area contributed by atoms with Crippen molar-refractivity contribution >= 4 is 5.91 Å². The Labute approximate surface area is 127 Å². The zero-order valence-corrected chi connectivity index (χ0v) is 13.5. The van der Waals surface area contributed by atoms with Gasteiger partial charge in [-0.2, -0.15) is 5.10 Å². The molecule has 0 radical (unpaired) electrons. The third kappa shape index (κ3) is 5.50. The Bertz CT molecular complexity index is 455. The van der Waals surface area contributed by atoms with E-state index in [0.717, 1.165) is 12.2 Å². The zero-order chi connectivity index (χ0) is 15.3. The molecule has 2 N–H and O–H groups in total. The van der Waals surface area contributed by atoms with Crippen LogP contribution in [0.4, 0.5) is 0 Å². The summed E-state index contributed by atoms with van der Waals surface area (Å²) in [5.74, 6) is 0.0893. The molecule has 1 amide bonds. The van der Waals surface area contributed by atoms with Crippen LogP contribution in [0.25, 0.3) is 0 Å². The van der Waals surface area contributed by atoms with E-state index in [-0.39, 0.29) is 11.4 Å². The van der Waals surface area contributed by atoms with Gasteiger partial charge in [0.2, 0.25) is 5.91 Å². The SMILES string of the molecule is CC(C)(C)NC(=O)CCNCc1ccn(C2CCCC2)n1. The van der Waals surface area contributed by atoms with E-state index in [0.29, 0.717) is 19.0 Å². The molecule has 1 aliphatic rings. The lowest BCUT2D eigenvalue weighted by molar-refractivity contribution is -0.122. The van der Waals surface area contributed by atoms with Gasteiger partial charge >= 0.3 is 0 Å². The van der Waals surface area contributed by atoms with Crippen LogP contribution in [0.2, 0.25) is 0 Å². The Hall–Kier alpha value is -1.36. The number of carbonyl (C=O) groups excluding carboxylic acids is 1. The third-order valence-corrected chi connectivity index (χ3v) is 3.71. The number of aromatic nitrogens is 2. The molecule has 2 rings (SSSR count). The van der Waals surface area contributed by atoms with Gasteiger partial charge in [-0.3, -0.25) is 9.48 Å². The minimum atomic E-state index is -0.156. The smallest absolute Gasteiger partial charge is 0.221 e. The second kappa shape index (κ2) is 7.07. The van der Waals surface area contributed by atoms with E-state index < -0.39 is 0 Å². The van der Waals surface area contributed by atoms with Gasteiger partial charge in [0.1, 0.15) is 0 Å². The number of carbonyl (C=O) groups is 1. The second-order valence-corrected chi connectivity index (χ2v) is 6.95. The van der Waals surface area contributed by atoms with Gasteiger partial charge in [-0.15, -0.1) is 0 Å². The third-order valence-electron chi connectivity index (χ3n) is 3.71. The van der Waals surface area contributed by atoms with Gasteiger partial charge in [-0.1, -0.05) is 12.8 Å². The fourth-order valence-electron chi connectivity index (χ4n) is 2.74. The summed E-state index contributed by atoms with van der Waals surface area (Å²) in [6, 6.07) is 2.66. The summed E-state index contributed by atoms with van der Waals surface area (Å²) in [4.78, 5) is 11.7. The van der Waals surface area contributed by atoms with Gasteiger partial charge < -0.3 is 10.6 Å². The Morgan fingerprint density at radius 2 is 2.10 bits per heavy atom. The van der Waals surface area contributed by atoms with Crippen LogP contribution in [0.1, 0.15) is 64.6 Å². The normalized spacial score (nSPS) is 16.3. The molecule has 0 saturated heterocycles. The Morgan fingerprint density at radius 3 is 2.76 bits per heavy atom. The second-order valence-electron chi connectivity index (χ2n) is 6.95. The molecule has 21 heavy (non-hydrogen) atoms. The molecule has 1 aromatic heterocycles. The fraction of sp³-hybridized carbons (Fsp3) is 0.750. The monoisotopic (exact) mass is 292 g/mol. The van der Waals surface area contributed by atoms with Crippen molar-refractivity contribution in [1.82, 2.24) is 20.4 Å². The van der Waals surface area contributed by atoms with Gasteiger partial charge in [-0.05, 0) is 39.7 Å². The molecule has 5 nitrogen and oxygen atoms in total. The molecule has 0 aromatic carbocycles. The average molecular weight is 292 g/mol. The number of nitrogens with one attached hydrogen (secondary N) is 2. The van der Waals surface area contributed by atoms with Crippen molar-refractivity contribution in [3.63, 3.8) is 0 Å². The maximum atomic E-state index is 11.7. The number of hydrogen-bond donors (Lipinski definition) is 2. The van der Waals surface area contributed by atoms with E-state index in [1.54, 1.807) is 0 Å². The summed E-state index contributed by atoms with van der Waals surface area (Å²) in [7, 11) is 0. The average Bonchev–Trinajstić information content (AvgIpc) is 3.03. The molecule has 1 aromatic rings. The molecule has 5 heteroatoms. The summed E-state index contributed by atoms with van der Waals surface area (Å²) in [6.45, 7) is 7.39. The molecule has 0 bridgehead atoms. The Kier molecular flexibility index (Phi) is 5.39. The highest BCUT2D eigenvalue weighted by atomic mass is 16.1. The summed E-state index contributed by atoms with van der Waals surface area (Å²) >= 11 is 0. The molecule has 0 spiro atoms. The predicted molar refractivity (Wildman–Crippen MR) is 84.0 cm³/mol. The molecule has 118 valence electrons. The minimum absolute atomic E-state index is 0.0893. The highest BCUT2D eigenvalue weighted by Gasteiger charge is 2.17. The summed E-state index contributed by atoms with van der Waals surface area (Å²) in [6.07, 6.45) is 7.73. The first-order valence-electron chi connectivity index (χ1n) is 8.00. The van der Waals surface area contributed by atoms with Crippen LogP contribution < -0.4 is 10.6 Å². The first kappa shape index (κ1) is 16.0. The molecule has 1 heterocycles. The molecule has 1 fully saturated rings. The molecule has 0 aliphatic heterocycles. The lowest BCUT2D eigenvalue weighted by Crippen LogP contribution is -2.41. The molecule has 1 aliphatic carbocycles. The molecular formula is C16H28N4O. The highest BCUT2D eigenvalue weighted by Crippen LogP contribution is 2.28. The van der Waals surface area contributed by atoms with Crippen LogP contribution in [-0.4, -0.2) is 27.8 Å². The minimum Gasteiger partial charge on any atom is -0.351 e. The van der Waals surface area contributed by atoms with Crippen molar-refractivity contribution in [3.05, 3.63) is 18.0 Å². The topological polar surface area (TPSA) is 59.0 Å². The van der Waals surface area contributed by atoms with Crippen LogP contribution in [0.5, 0.6) is 0 Å². The van der Waals surface area contributed by atoms with Crippen molar-refractivity contribution in [2.45, 2.75) is 71.0 Å². The zero-order valence-electron chi connectivity index (χ0n) is 13.5. The van der Waals surface area contributed by atoms with Gasteiger partial charge in [-0.25, -0.2) is 0 Å². The van der Waals surface area contributed by atoms with Crippen LogP contribution in [0, 0.1) is 0 Å². The summed E-state index contributed by atoms with van der Waals surface area (Å²) in [5.41, 5.74) is 0.898. The summed E-state index contributed by atoms with van der Waals surface area (Å²) in [5, 5.41) is 10.9. The largest absolute Gasteiger partial charge is 0.351 e. The van der Waals surface area contributed by atoms with Gasteiger partial charge in [0.05, 0.1) is 11.7 Å². The fourth-order valence-corrected chi connectivity index (χ4v) is 2.74.